The van der Waals surface area contributed by atoms with Crippen molar-refractivity contribution in [1.82, 2.24) is 14.5 Å². The van der Waals surface area contributed by atoms with Crippen LogP contribution in [0.5, 0.6) is 0 Å². The Kier molecular flexibility index (Phi) is 4.88. The molecule has 4 aromatic rings. The highest BCUT2D eigenvalue weighted by Crippen LogP contribution is 2.35. The predicted octanol–water partition coefficient (Wildman–Crippen LogP) is 4.69. The molecule has 4 nitrogen and oxygen atoms in total. The van der Waals surface area contributed by atoms with E-state index in [1.807, 2.05) is 48.0 Å². The Morgan fingerprint density at radius 2 is 1.46 bits per heavy atom. The van der Waals surface area contributed by atoms with E-state index in [1.165, 1.54) is 12.1 Å². The minimum Gasteiger partial charge on any atom is -0.327 e. The summed E-state index contributed by atoms with van der Waals surface area (Å²) in [6.45, 7) is 0. The average molecular weight is 391 g/mol. The fourth-order valence-corrected chi connectivity index (χ4v) is 3.72. The number of imidazole rings is 1. The lowest BCUT2D eigenvalue weighted by atomic mass is 10.1. The van der Waals surface area contributed by atoms with Crippen LogP contribution in [-0.4, -0.2) is 25.0 Å². The Morgan fingerprint density at radius 1 is 0.857 bits per heavy atom. The molecule has 4 rings (SSSR count). The van der Waals surface area contributed by atoms with Crippen molar-refractivity contribution in [2.75, 3.05) is 6.26 Å². The van der Waals surface area contributed by atoms with Crippen LogP contribution in [0.25, 0.3) is 33.9 Å². The van der Waals surface area contributed by atoms with Crippen molar-refractivity contribution in [3.05, 3.63) is 78.9 Å². The number of halogens is 1. The van der Waals surface area contributed by atoms with Crippen molar-refractivity contribution in [1.29, 1.82) is 0 Å². The van der Waals surface area contributed by atoms with Gasteiger partial charge in [0, 0.05) is 58.1 Å². The molecule has 140 valence electrons. The minimum atomic E-state index is -1.03. The summed E-state index contributed by atoms with van der Waals surface area (Å²) in [6, 6.07) is 17.8. The van der Waals surface area contributed by atoms with Gasteiger partial charge in [0.15, 0.2) is 0 Å². The zero-order valence-electron chi connectivity index (χ0n) is 15.5. The fraction of sp³-hybridized carbons (Fsp3) is 0.0909. The predicted molar refractivity (Wildman–Crippen MR) is 110 cm³/mol. The van der Waals surface area contributed by atoms with Gasteiger partial charge in [-0.1, -0.05) is 12.1 Å². The van der Waals surface area contributed by atoms with Crippen LogP contribution >= 0.6 is 0 Å². The third-order valence-electron chi connectivity index (χ3n) is 4.61. The van der Waals surface area contributed by atoms with Crippen LogP contribution in [0.4, 0.5) is 4.39 Å². The van der Waals surface area contributed by atoms with Gasteiger partial charge in [-0.15, -0.1) is 0 Å². The summed E-state index contributed by atoms with van der Waals surface area (Å²) in [6.07, 6.45) is 5.11. The van der Waals surface area contributed by atoms with Gasteiger partial charge in [-0.2, -0.15) is 0 Å². The first-order chi connectivity index (χ1) is 13.5. The standard InChI is InChI=1S/C22H18FN3OS/c1-26-21(16-3-7-18(23)8-4-16)20(15-11-13-24-14-12-15)25-22(26)17-5-9-19(10-6-17)28(2)27/h3-14H,1-2H3. The maximum atomic E-state index is 13.4. The highest BCUT2D eigenvalue weighted by molar-refractivity contribution is 7.84. The Balaban J connectivity index is 1.91. The summed E-state index contributed by atoms with van der Waals surface area (Å²) in [4.78, 5) is 9.74. The maximum absolute atomic E-state index is 13.4. The van der Waals surface area contributed by atoms with Gasteiger partial charge in [-0.25, -0.2) is 9.37 Å². The van der Waals surface area contributed by atoms with E-state index in [9.17, 15) is 8.60 Å². The van der Waals surface area contributed by atoms with Crippen LogP contribution in [0.2, 0.25) is 0 Å². The van der Waals surface area contributed by atoms with E-state index in [-0.39, 0.29) is 5.82 Å². The van der Waals surface area contributed by atoms with E-state index in [1.54, 1.807) is 30.8 Å². The molecule has 0 aliphatic carbocycles. The van der Waals surface area contributed by atoms with E-state index in [4.69, 9.17) is 4.98 Å². The second-order valence-corrected chi connectivity index (χ2v) is 7.79. The second-order valence-electron chi connectivity index (χ2n) is 6.41. The Morgan fingerprint density at radius 3 is 2.07 bits per heavy atom. The van der Waals surface area contributed by atoms with E-state index in [2.05, 4.69) is 4.98 Å². The van der Waals surface area contributed by atoms with Crippen molar-refractivity contribution in [2.45, 2.75) is 4.90 Å². The molecule has 0 radical (unpaired) electrons. The first-order valence-corrected chi connectivity index (χ1v) is 10.3. The molecule has 0 spiro atoms. The molecule has 2 heterocycles. The Labute approximate surface area is 165 Å². The topological polar surface area (TPSA) is 47.8 Å². The van der Waals surface area contributed by atoms with Gasteiger partial charge in [-0.05, 0) is 48.5 Å². The molecule has 2 aromatic heterocycles. The average Bonchev–Trinajstić information content (AvgIpc) is 3.06. The summed E-state index contributed by atoms with van der Waals surface area (Å²) in [5, 5.41) is 0. The molecule has 1 atom stereocenters. The van der Waals surface area contributed by atoms with E-state index < -0.39 is 10.8 Å². The highest BCUT2D eigenvalue weighted by atomic mass is 32.2. The zero-order chi connectivity index (χ0) is 19.7. The molecule has 28 heavy (non-hydrogen) atoms. The molecular weight excluding hydrogens is 373 g/mol. The van der Waals surface area contributed by atoms with Gasteiger partial charge >= 0.3 is 0 Å². The molecule has 2 aromatic carbocycles. The van der Waals surface area contributed by atoms with Crippen LogP contribution < -0.4 is 0 Å². The van der Waals surface area contributed by atoms with Gasteiger partial charge < -0.3 is 4.57 Å². The minimum absolute atomic E-state index is 0.278. The monoisotopic (exact) mass is 391 g/mol. The van der Waals surface area contributed by atoms with Crippen molar-refractivity contribution in [2.24, 2.45) is 7.05 Å². The first kappa shape index (κ1) is 18.3. The molecule has 0 aliphatic rings. The summed E-state index contributed by atoms with van der Waals surface area (Å²) < 4.78 is 27.1. The number of rotatable bonds is 4. The molecule has 0 aliphatic heterocycles. The summed E-state index contributed by atoms with van der Waals surface area (Å²) in [5.41, 5.74) is 4.42. The van der Waals surface area contributed by atoms with Crippen molar-refractivity contribution < 1.29 is 8.60 Å². The molecule has 0 fully saturated rings. The van der Waals surface area contributed by atoms with Crippen LogP contribution in [0, 0.1) is 5.82 Å². The number of hydrogen-bond acceptors (Lipinski definition) is 3. The summed E-state index contributed by atoms with van der Waals surface area (Å²) in [5.74, 6) is 0.499. The van der Waals surface area contributed by atoms with Crippen LogP contribution in [0.15, 0.2) is 78.0 Å². The lowest BCUT2D eigenvalue weighted by Gasteiger charge is -2.08. The first-order valence-electron chi connectivity index (χ1n) is 8.71. The Bertz CT molecular complexity index is 1140. The van der Waals surface area contributed by atoms with E-state index >= 15 is 0 Å². The normalized spacial score (nSPS) is 12.1. The molecule has 0 bridgehead atoms. The lowest BCUT2D eigenvalue weighted by Crippen LogP contribution is -1.96. The number of nitrogens with zero attached hydrogens (tertiary/aromatic N) is 3. The smallest absolute Gasteiger partial charge is 0.140 e. The highest BCUT2D eigenvalue weighted by Gasteiger charge is 2.19. The summed E-state index contributed by atoms with van der Waals surface area (Å²) >= 11 is 0. The lowest BCUT2D eigenvalue weighted by molar-refractivity contribution is 0.628. The number of hydrogen-bond donors (Lipinski definition) is 0. The number of benzene rings is 2. The molecule has 1 unspecified atom stereocenters. The molecule has 0 N–H and O–H groups in total. The second kappa shape index (κ2) is 7.48. The van der Waals surface area contributed by atoms with E-state index in [0.717, 1.165) is 38.8 Å². The van der Waals surface area contributed by atoms with Crippen molar-refractivity contribution in [3.63, 3.8) is 0 Å². The largest absolute Gasteiger partial charge is 0.327 e. The molecule has 0 saturated heterocycles. The van der Waals surface area contributed by atoms with Crippen molar-refractivity contribution >= 4 is 10.8 Å². The van der Waals surface area contributed by atoms with Gasteiger partial charge in [0.1, 0.15) is 11.6 Å². The summed E-state index contributed by atoms with van der Waals surface area (Å²) in [7, 11) is 0.913. The fourth-order valence-electron chi connectivity index (χ4n) is 3.20. The molecule has 0 saturated carbocycles. The van der Waals surface area contributed by atoms with Gasteiger partial charge in [0.2, 0.25) is 0 Å². The van der Waals surface area contributed by atoms with E-state index in [0.29, 0.717) is 0 Å². The maximum Gasteiger partial charge on any atom is 0.140 e. The third kappa shape index (κ3) is 3.39. The molecule has 0 amide bonds. The van der Waals surface area contributed by atoms with Gasteiger partial charge in [0.25, 0.3) is 0 Å². The van der Waals surface area contributed by atoms with Crippen LogP contribution in [0.1, 0.15) is 0 Å². The van der Waals surface area contributed by atoms with Crippen LogP contribution in [0.3, 0.4) is 0 Å². The molecular formula is C22H18FN3OS. The number of aromatic nitrogens is 3. The SMILES string of the molecule is Cn1c(-c2ccc(S(C)=O)cc2)nc(-c2ccncc2)c1-c1ccc(F)cc1. The van der Waals surface area contributed by atoms with Gasteiger partial charge in [0.05, 0.1) is 11.4 Å². The number of pyridine rings is 1. The quantitative estimate of drug-likeness (QED) is 0.507. The molecule has 6 heteroatoms. The Hall–Kier alpha value is -3.12. The van der Waals surface area contributed by atoms with Crippen LogP contribution in [-0.2, 0) is 17.8 Å². The van der Waals surface area contributed by atoms with Crippen molar-refractivity contribution in [3.8, 4) is 33.9 Å². The van der Waals surface area contributed by atoms with Gasteiger partial charge in [-0.3, -0.25) is 9.19 Å². The third-order valence-corrected chi connectivity index (χ3v) is 5.55. The zero-order valence-corrected chi connectivity index (χ0v) is 16.3.